The summed E-state index contributed by atoms with van der Waals surface area (Å²) in [5.41, 5.74) is 8.71. The first-order valence-electron chi connectivity index (χ1n) is 18.9. The fourth-order valence-corrected chi connectivity index (χ4v) is 7.51. The molecule has 228 valence electrons. The highest BCUT2D eigenvalue weighted by Crippen LogP contribution is 2.45. The molecular formula is C48H30O. The van der Waals surface area contributed by atoms with E-state index in [0.29, 0.717) is 27.5 Å². The van der Waals surface area contributed by atoms with Gasteiger partial charge in [-0.1, -0.05) is 164 Å². The van der Waals surface area contributed by atoms with Crippen molar-refractivity contribution in [2.24, 2.45) is 0 Å². The van der Waals surface area contributed by atoms with Crippen LogP contribution in [0.1, 0.15) is 6.85 Å². The monoisotopic (exact) mass is 627 g/mol. The Morgan fingerprint density at radius 3 is 1.65 bits per heavy atom. The Kier molecular flexibility index (Phi) is 5.20. The van der Waals surface area contributed by atoms with Gasteiger partial charge in [0.2, 0.25) is 0 Å². The second-order valence-electron chi connectivity index (χ2n) is 12.4. The van der Waals surface area contributed by atoms with Crippen LogP contribution in [0.25, 0.3) is 98.8 Å². The van der Waals surface area contributed by atoms with Crippen LogP contribution in [0.15, 0.2) is 186 Å². The van der Waals surface area contributed by atoms with Gasteiger partial charge in [-0.15, -0.1) is 0 Å². The van der Waals surface area contributed by atoms with Gasteiger partial charge in [-0.25, -0.2) is 0 Å². The minimum atomic E-state index is -0.273. The largest absolute Gasteiger partial charge is 0.456 e. The third-order valence-corrected chi connectivity index (χ3v) is 9.67. The average Bonchev–Trinajstić information content (AvgIpc) is 3.61. The molecule has 9 aromatic carbocycles. The van der Waals surface area contributed by atoms with E-state index in [9.17, 15) is 1.37 Å². The van der Waals surface area contributed by atoms with Crippen molar-refractivity contribution in [3.8, 4) is 44.5 Å². The van der Waals surface area contributed by atoms with Crippen LogP contribution in [0.3, 0.4) is 0 Å². The molecule has 1 aromatic heterocycles. The first-order chi connectivity index (χ1) is 26.4. The SMILES string of the molecule is [2H]c1c([2H])c(-c2ccc(-c3c4ccccc4c(-c4cccc(-c5ccccc5)c4)c4ccccc34)cc2)c2c(c1[2H])c([2H])c([2H])c1oc3ccccc3c12. The van der Waals surface area contributed by atoms with Crippen LogP contribution in [0.4, 0.5) is 0 Å². The molecule has 0 bridgehead atoms. The zero-order chi connectivity index (χ0) is 36.7. The second kappa shape index (κ2) is 11.1. The fraction of sp³-hybridized carbons (Fsp3) is 0. The van der Waals surface area contributed by atoms with Crippen molar-refractivity contribution in [1.29, 1.82) is 0 Å². The summed E-state index contributed by atoms with van der Waals surface area (Å²) in [6.07, 6.45) is 0. The van der Waals surface area contributed by atoms with E-state index in [0.717, 1.165) is 49.2 Å². The van der Waals surface area contributed by atoms with Gasteiger partial charge in [-0.05, 0) is 89.6 Å². The highest BCUT2D eigenvalue weighted by molar-refractivity contribution is 6.24. The summed E-state index contributed by atoms with van der Waals surface area (Å²) in [5.74, 6) is 0. The molecule has 0 unspecified atom stereocenters. The summed E-state index contributed by atoms with van der Waals surface area (Å²) >= 11 is 0. The molecule has 0 aliphatic carbocycles. The zero-order valence-corrected chi connectivity index (χ0v) is 26.3. The van der Waals surface area contributed by atoms with Crippen LogP contribution in [-0.2, 0) is 0 Å². The van der Waals surface area contributed by atoms with E-state index in [2.05, 4.69) is 109 Å². The third-order valence-electron chi connectivity index (χ3n) is 9.67. The molecule has 0 saturated carbocycles. The minimum absolute atomic E-state index is 0.0954. The van der Waals surface area contributed by atoms with Crippen molar-refractivity contribution in [1.82, 2.24) is 0 Å². The standard InChI is InChI=1S/C48H30O/c1-2-12-31(13-3-1)35-15-10-16-36(30-35)46-40-19-6-4-17-38(40)45(39-18-5-7-20-41(39)46)34-26-24-32(25-27-34)37-22-11-14-33-28-29-44-48(47(33)37)42-21-8-9-23-43(42)49-44/h1-30H/i11D,14D,22D,28D,29D. The van der Waals surface area contributed by atoms with Gasteiger partial charge in [0.05, 0.1) is 6.85 Å². The molecule has 1 heterocycles. The van der Waals surface area contributed by atoms with E-state index in [1.807, 2.05) is 42.5 Å². The molecule has 0 atom stereocenters. The maximum Gasteiger partial charge on any atom is 0.136 e. The van der Waals surface area contributed by atoms with Gasteiger partial charge in [-0.3, -0.25) is 0 Å². The van der Waals surface area contributed by atoms with Gasteiger partial charge in [0.25, 0.3) is 0 Å². The molecule has 49 heavy (non-hydrogen) atoms. The minimum Gasteiger partial charge on any atom is -0.456 e. The Balaban J connectivity index is 1.21. The molecule has 0 spiro atoms. The van der Waals surface area contributed by atoms with Crippen molar-refractivity contribution in [3.63, 3.8) is 0 Å². The summed E-state index contributed by atoms with van der Waals surface area (Å²) < 4.78 is 50.7. The lowest BCUT2D eigenvalue weighted by molar-refractivity contribution is 0.669. The zero-order valence-electron chi connectivity index (χ0n) is 31.3. The maximum atomic E-state index is 9.18. The normalized spacial score (nSPS) is 13.1. The number of hydrogen-bond donors (Lipinski definition) is 0. The van der Waals surface area contributed by atoms with E-state index in [4.69, 9.17) is 9.90 Å². The maximum absolute atomic E-state index is 9.18. The lowest BCUT2D eigenvalue weighted by Crippen LogP contribution is -1.91. The molecule has 10 rings (SSSR count). The third kappa shape index (κ3) is 4.40. The van der Waals surface area contributed by atoms with Crippen molar-refractivity contribution in [3.05, 3.63) is 182 Å². The number of benzene rings is 9. The first kappa shape index (κ1) is 23.0. The van der Waals surface area contributed by atoms with Gasteiger partial charge in [-0.2, -0.15) is 0 Å². The van der Waals surface area contributed by atoms with E-state index in [1.54, 1.807) is 0 Å². The number of para-hydroxylation sites is 1. The van der Waals surface area contributed by atoms with Crippen LogP contribution in [0, 0.1) is 0 Å². The molecule has 0 N–H and O–H groups in total. The topological polar surface area (TPSA) is 13.1 Å². The Hall–Kier alpha value is -6.44. The van der Waals surface area contributed by atoms with Crippen molar-refractivity contribution in [2.45, 2.75) is 0 Å². The number of rotatable bonds is 4. The lowest BCUT2D eigenvalue weighted by Gasteiger charge is -2.18. The van der Waals surface area contributed by atoms with Crippen molar-refractivity contribution in [2.75, 3.05) is 0 Å². The van der Waals surface area contributed by atoms with Crippen molar-refractivity contribution >= 4 is 54.3 Å². The Morgan fingerprint density at radius 2 is 0.939 bits per heavy atom. The van der Waals surface area contributed by atoms with Gasteiger partial charge >= 0.3 is 0 Å². The fourth-order valence-electron chi connectivity index (χ4n) is 7.51. The Morgan fingerprint density at radius 1 is 0.367 bits per heavy atom. The van der Waals surface area contributed by atoms with Gasteiger partial charge in [0, 0.05) is 16.2 Å². The summed E-state index contributed by atoms with van der Waals surface area (Å²) in [7, 11) is 0. The highest BCUT2D eigenvalue weighted by Gasteiger charge is 2.18. The molecule has 0 amide bonds. The molecule has 0 saturated heterocycles. The molecule has 0 aliphatic rings. The van der Waals surface area contributed by atoms with E-state index >= 15 is 0 Å². The lowest BCUT2D eigenvalue weighted by atomic mass is 9.85. The van der Waals surface area contributed by atoms with E-state index in [1.165, 1.54) is 11.1 Å². The summed E-state index contributed by atoms with van der Waals surface area (Å²) in [6.45, 7) is 0. The summed E-state index contributed by atoms with van der Waals surface area (Å²) in [6, 6.07) is 50.9. The molecule has 0 radical (unpaired) electrons. The molecule has 1 heteroatoms. The molecule has 1 nitrogen and oxygen atoms in total. The number of hydrogen-bond acceptors (Lipinski definition) is 1. The van der Waals surface area contributed by atoms with Crippen molar-refractivity contribution < 1.29 is 11.3 Å². The quantitative estimate of drug-likeness (QED) is 0.177. The first-order valence-corrected chi connectivity index (χ1v) is 16.4. The number of fused-ring (bicyclic) bond motifs is 7. The molecule has 0 fully saturated rings. The Labute approximate surface area is 291 Å². The summed E-state index contributed by atoms with van der Waals surface area (Å²) in [5, 5.41) is 6.55. The smallest absolute Gasteiger partial charge is 0.136 e. The summed E-state index contributed by atoms with van der Waals surface area (Å²) in [4.78, 5) is 0. The Bertz CT molecular complexity index is 3090. The molecule has 10 aromatic rings. The van der Waals surface area contributed by atoms with Crippen LogP contribution < -0.4 is 0 Å². The molecular weight excluding hydrogens is 593 g/mol. The van der Waals surface area contributed by atoms with Gasteiger partial charge < -0.3 is 4.42 Å². The van der Waals surface area contributed by atoms with Crippen LogP contribution >= 0.6 is 0 Å². The van der Waals surface area contributed by atoms with Gasteiger partial charge in [0.15, 0.2) is 0 Å². The van der Waals surface area contributed by atoms with E-state index in [-0.39, 0.29) is 41.2 Å². The van der Waals surface area contributed by atoms with Crippen LogP contribution in [-0.4, -0.2) is 0 Å². The van der Waals surface area contributed by atoms with E-state index < -0.39 is 0 Å². The van der Waals surface area contributed by atoms with Gasteiger partial charge in [0.1, 0.15) is 11.2 Å². The second-order valence-corrected chi connectivity index (χ2v) is 12.4. The predicted molar refractivity (Wildman–Crippen MR) is 208 cm³/mol. The highest BCUT2D eigenvalue weighted by atomic mass is 16.3. The predicted octanol–water partition coefficient (Wildman–Crippen LogP) is 13.7. The van der Waals surface area contributed by atoms with Crippen LogP contribution in [0.2, 0.25) is 0 Å². The average molecular weight is 628 g/mol. The van der Waals surface area contributed by atoms with Crippen LogP contribution in [0.5, 0.6) is 0 Å². The number of furan rings is 1. The molecule has 0 aliphatic heterocycles.